The van der Waals surface area contributed by atoms with E-state index < -0.39 is 0 Å². The first kappa shape index (κ1) is 34.8. The number of rotatable bonds is 6. The summed E-state index contributed by atoms with van der Waals surface area (Å²) in [5.74, 6) is 0.705. The highest BCUT2D eigenvalue weighted by atomic mass is 32.1. The lowest BCUT2D eigenvalue weighted by molar-refractivity contribution is 1.19. The third-order valence-electron chi connectivity index (χ3n) is 11.7. The SMILES string of the molecule is c1ccc(-c2ccc(-c3cc(-c4cc(-c5cccc6c5sc5ccccc56)cc(-c5cccc6c5sc5ccccc56)c4)nc(-c4cccc5ccccc45)n3)cc2)cc1. The molecule has 9 aromatic carbocycles. The average Bonchev–Trinajstić information content (AvgIpc) is 3.90. The van der Waals surface area contributed by atoms with Gasteiger partial charge in [-0.05, 0) is 80.6 Å². The summed E-state index contributed by atoms with van der Waals surface area (Å²) in [5, 5.41) is 7.45. The third-order valence-corrected chi connectivity index (χ3v) is 14.1. The molecule has 0 aliphatic heterocycles. The number of hydrogen-bond donors (Lipinski definition) is 0. The Balaban J connectivity index is 1.12. The smallest absolute Gasteiger partial charge is 0.161 e. The predicted octanol–water partition coefficient (Wildman–Crippen LogP) is 16.4. The van der Waals surface area contributed by atoms with Crippen molar-refractivity contribution in [1.82, 2.24) is 9.97 Å². The van der Waals surface area contributed by atoms with Crippen molar-refractivity contribution in [2.24, 2.45) is 0 Å². The quantitative estimate of drug-likeness (QED) is 0.167. The Hall–Kier alpha value is -7.24. The fraction of sp³-hybridized carbons (Fsp3) is 0. The van der Waals surface area contributed by atoms with Crippen molar-refractivity contribution < 1.29 is 0 Å². The van der Waals surface area contributed by atoms with Gasteiger partial charge in [0.15, 0.2) is 5.82 Å². The lowest BCUT2D eigenvalue weighted by Crippen LogP contribution is -1.97. The van der Waals surface area contributed by atoms with E-state index in [4.69, 9.17) is 9.97 Å². The molecule has 3 aromatic heterocycles. The van der Waals surface area contributed by atoms with Crippen molar-refractivity contribution in [1.29, 1.82) is 0 Å². The molecule has 0 bridgehead atoms. The maximum atomic E-state index is 5.47. The molecule has 0 radical (unpaired) electrons. The average molecular weight is 799 g/mol. The van der Waals surface area contributed by atoms with E-state index in [1.165, 1.54) is 62.6 Å². The summed E-state index contributed by atoms with van der Waals surface area (Å²) in [5.41, 5.74) is 12.0. The minimum atomic E-state index is 0.705. The standard InChI is InChI=1S/C56H34N2S2/c1-2-13-35(14-3-1)36-27-29-38(30-28-36)50-34-51(58-56(57-50)49-24-10-16-37-15-4-5-17-42(37)49)41-32-39(43-20-11-22-47-45-18-6-8-25-52(45)59-54(43)47)31-40(33-41)44-21-12-23-48-46-19-7-9-26-53(46)60-55(44)48/h1-34H. The molecule has 0 N–H and O–H groups in total. The van der Waals surface area contributed by atoms with E-state index in [0.29, 0.717) is 5.82 Å². The largest absolute Gasteiger partial charge is 0.228 e. The fourth-order valence-electron chi connectivity index (χ4n) is 8.78. The van der Waals surface area contributed by atoms with Gasteiger partial charge in [0, 0.05) is 57.0 Å². The van der Waals surface area contributed by atoms with E-state index in [0.717, 1.165) is 50.0 Å². The van der Waals surface area contributed by atoms with E-state index in [1.807, 2.05) is 22.7 Å². The van der Waals surface area contributed by atoms with E-state index >= 15 is 0 Å². The predicted molar refractivity (Wildman–Crippen MR) is 258 cm³/mol. The van der Waals surface area contributed by atoms with Gasteiger partial charge >= 0.3 is 0 Å². The second-order valence-electron chi connectivity index (χ2n) is 15.3. The summed E-state index contributed by atoms with van der Waals surface area (Å²) in [7, 11) is 0. The maximum absolute atomic E-state index is 5.47. The Bertz CT molecular complexity index is 3460. The first-order valence-electron chi connectivity index (χ1n) is 20.2. The van der Waals surface area contributed by atoms with Crippen LogP contribution in [-0.4, -0.2) is 9.97 Å². The molecule has 0 fully saturated rings. The number of hydrogen-bond acceptors (Lipinski definition) is 4. The second-order valence-corrected chi connectivity index (χ2v) is 17.4. The van der Waals surface area contributed by atoms with Crippen LogP contribution in [0, 0.1) is 0 Å². The van der Waals surface area contributed by atoms with E-state index in [2.05, 4.69) is 206 Å². The van der Waals surface area contributed by atoms with Crippen LogP contribution in [0.4, 0.5) is 0 Å². The lowest BCUT2D eigenvalue weighted by atomic mass is 9.93. The van der Waals surface area contributed by atoms with E-state index in [1.54, 1.807) is 0 Å². The maximum Gasteiger partial charge on any atom is 0.161 e. The molecule has 0 aliphatic carbocycles. The summed E-state index contributed by atoms with van der Waals surface area (Å²) in [4.78, 5) is 10.8. The van der Waals surface area contributed by atoms with Crippen LogP contribution in [0.15, 0.2) is 206 Å². The summed E-state index contributed by atoms with van der Waals surface area (Å²) in [6, 6.07) is 74.5. The lowest BCUT2D eigenvalue weighted by Gasteiger charge is -2.15. The summed E-state index contributed by atoms with van der Waals surface area (Å²) in [6.45, 7) is 0. The Morgan fingerprint density at radius 3 is 1.38 bits per heavy atom. The minimum Gasteiger partial charge on any atom is -0.228 e. The summed E-state index contributed by atoms with van der Waals surface area (Å²) in [6.07, 6.45) is 0. The van der Waals surface area contributed by atoms with Crippen LogP contribution in [0.1, 0.15) is 0 Å². The zero-order chi connectivity index (χ0) is 39.6. The molecule has 0 saturated heterocycles. The zero-order valence-electron chi connectivity index (χ0n) is 32.3. The molecule has 3 heterocycles. The van der Waals surface area contributed by atoms with Gasteiger partial charge in [-0.3, -0.25) is 0 Å². The van der Waals surface area contributed by atoms with Crippen LogP contribution in [0.5, 0.6) is 0 Å². The van der Waals surface area contributed by atoms with Gasteiger partial charge in [-0.15, -0.1) is 22.7 Å². The highest BCUT2D eigenvalue weighted by Gasteiger charge is 2.18. The van der Waals surface area contributed by atoms with Gasteiger partial charge in [-0.2, -0.15) is 0 Å². The van der Waals surface area contributed by atoms with Gasteiger partial charge < -0.3 is 0 Å². The number of aromatic nitrogens is 2. The van der Waals surface area contributed by atoms with Crippen LogP contribution in [0.3, 0.4) is 0 Å². The van der Waals surface area contributed by atoms with E-state index in [9.17, 15) is 0 Å². The van der Waals surface area contributed by atoms with E-state index in [-0.39, 0.29) is 0 Å². The first-order valence-corrected chi connectivity index (χ1v) is 21.8. The molecule has 0 atom stereocenters. The van der Waals surface area contributed by atoms with Gasteiger partial charge in [0.1, 0.15) is 0 Å². The molecule has 0 unspecified atom stereocenters. The monoisotopic (exact) mass is 798 g/mol. The number of nitrogens with zero attached hydrogens (tertiary/aromatic N) is 2. The van der Waals surface area contributed by atoms with Gasteiger partial charge in [0.25, 0.3) is 0 Å². The summed E-state index contributed by atoms with van der Waals surface area (Å²) < 4.78 is 5.18. The minimum absolute atomic E-state index is 0.705. The van der Waals surface area contributed by atoms with Crippen LogP contribution in [0.2, 0.25) is 0 Å². The number of benzene rings is 9. The number of fused-ring (bicyclic) bond motifs is 7. The molecule has 12 aromatic rings. The molecule has 60 heavy (non-hydrogen) atoms. The van der Waals surface area contributed by atoms with Crippen LogP contribution < -0.4 is 0 Å². The molecular formula is C56H34N2S2. The molecule has 2 nitrogen and oxygen atoms in total. The van der Waals surface area contributed by atoms with Crippen LogP contribution >= 0.6 is 22.7 Å². The normalized spacial score (nSPS) is 11.7. The Kier molecular flexibility index (Phi) is 8.25. The van der Waals surface area contributed by atoms with Crippen molar-refractivity contribution in [2.75, 3.05) is 0 Å². The van der Waals surface area contributed by atoms with Crippen molar-refractivity contribution in [3.63, 3.8) is 0 Å². The Morgan fingerprint density at radius 2 is 0.733 bits per heavy atom. The molecule has 0 amide bonds. The Labute approximate surface area is 355 Å². The van der Waals surface area contributed by atoms with Crippen molar-refractivity contribution >= 4 is 73.8 Å². The molecular weight excluding hydrogens is 765 g/mol. The summed E-state index contributed by atoms with van der Waals surface area (Å²) >= 11 is 3.74. The number of thiophene rings is 2. The van der Waals surface area contributed by atoms with Gasteiger partial charge in [0.05, 0.1) is 11.4 Å². The molecule has 0 spiro atoms. The highest BCUT2D eigenvalue weighted by molar-refractivity contribution is 7.26. The molecule has 280 valence electrons. The van der Waals surface area contributed by atoms with Crippen molar-refractivity contribution in [2.45, 2.75) is 0 Å². The third kappa shape index (κ3) is 5.92. The second kappa shape index (κ2) is 14.2. The van der Waals surface area contributed by atoms with Crippen molar-refractivity contribution in [3.8, 4) is 67.3 Å². The van der Waals surface area contributed by atoms with Crippen molar-refractivity contribution in [3.05, 3.63) is 206 Å². The molecule has 0 saturated carbocycles. The fourth-order valence-corrected chi connectivity index (χ4v) is 11.3. The Morgan fingerprint density at radius 1 is 0.283 bits per heavy atom. The van der Waals surface area contributed by atoms with Gasteiger partial charge in [0.2, 0.25) is 0 Å². The molecule has 0 aliphatic rings. The van der Waals surface area contributed by atoms with Gasteiger partial charge in [-0.25, -0.2) is 9.97 Å². The van der Waals surface area contributed by atoms with Crippen LogP contribution in [0.25, 0.3) is 118 Å². The highest BCUT2D eigenvalue weighted by Crippen LogP contribution is 2.45. The molecule has 12 rings (SSSR count). The topological polar surface area (TPSA) is 25.8 Å². The van der Waals surface area contributed by atoms with Gasteiger partial charge in [-0.1, -0.05) is 170 Å². The zero-order valence-corrected chi connectivity index (χ0v) is 34.0. The van der Waals surface area contributed by atoms with Crippen LogP contribution in [-0.2, 0) is 0 Å². The molecule has 4 heteroatoms. The first-order chi connectivity index (χ1) is 29.7.